The van der Waals surface area contributed by atoms with Crippen LogP contribution < -0.4 is 10.6 Å². The Morgan fingerprint density at radius 1 is 1.38 bits per heavy atom. The Hall–Kier alpha value is -1.68. The van der Waals surface area contributed by atoms with Crippen molar-refractivity contribution in [1.29, 1.82) is 0 Å². The van der Waals surface area contributed by atoms with Crippen LogP contribution in [0.3, 0.4) is 0 Å². The third-order valence-corrected chi connectivity index (χ3v) is 2.64. The molecule has 1 fully saturated rings. The molecule has 0 aromatic heterocycles. The molecule has 4 heteroatoms. The first kappa shape index (κ1) is 10.8. The Bertz CT molecular complexity index is 453. The lowest BCUT2D eigenvalue weighted by Gasteiger charge is -2.08. The van der Waals surface area contributed by atoms with Crippen molar-refractivity contribution in [2.45, 2.75) is 13.0 Å². The number of thiocarbonyl (C=S) groups is 1. The minimum Gasteiger partial charge on any atom is -0.347 e. The fourth-order valence-electron chi connectivity index (χ4n) is 1.63. The average Bonchev–Trinajstić information content (AvgIpc) is 2.59. The molecule has 0 saturated carbocycles. The predicted octanol–water partition coefficient (Wildman–Crippen LogP) is 1.46. The fraction of sp³-hybridized carbons (Fsp3) is 0.167. The van der Waals surface area contributed by atoms with Gasteiger partial charge in [-0.2, -0.15) is 0 Å². The van der Waals surface area contributed by atoms with Crippen molar-refractivity contribution in [3.8, 4) is 0 Å². The normalized spacial score (nSPS) is 20.6. The highest BCUT2D eigenvalue weighted by atomic mass is 32.1. The van der Waals surface area contributed by atoms with E-state index in [1.807, 2.05) is 43.3 Å². The van der Waals surface area contributed by atoms with Crippen LogP contribution in [0.15, 0.2) is 35.9 Å². The highest BCUT2D eigenvalue weighted by Gasteiger charge is 2.27. The molecule has 16 heavy (non-hydrogen) atoms. The molecule has 1 heterocycles. The Kier molecular flexibility index (Phi) is 3.01. The molecular formula is C12H12N2OS. The van der Waals surface area contributed by atoms with Gasteiger partial charge in [0.25, 0.3) is 5.91 Å². The molecule has 1 amide bonds. The first-order chi connectivity index (χ1) is 7.66. The molecule has 1 aliphatic heterocycles. The van der Waals surface area contributed by atoms with Crippen molar-refractivity contribution in [1.82, 2.24) is 10.6 Å². The molecule has 0 spiro atoms. The van der Waals surface area contributed by atoms with E-state index in [1.54, 1.807) is 0 Å². The van der Waals surface area contributed by atoms with Gasteiger partial charge in [0.1, 0.15) is 6.04 Å². The summed E-state index contributed by atoms with van der Waals surface area (Å²) in [6.45, 7) is 1.91. The van der Waals surface area contributed by atoms with E-state index in [9.17, 15) is 4.79 Å². The summed E-state index contributed by atoms with van der Waals surface area (Å²) in [5.74, 6) is -0.0883. The van der Waals surface area contributed by atoms with E-state index < -0.39 is 0 Å². The zero-order valence-electron chi connectivity index (χ0n) is 8.86. The first-order valence-corrected chi connectivity index (χ1v) is 5.42. The monoisotopic (exact) mass is 232 g/mol. The largest absolute Gasteiger partial charge is 0.347 e. The maximum atomic E-state index is 11.5. The number of hydrogen-bond donors (Lipinski definition) is 2. The Balaban J connectivity index is 2.19. The van der Waals surface area contributed by atoms with E-state index >= 15 is 0 Å². The molecule has 1 atom stereocenters. The molecule has 0 aliphatic carbocycles. The van der Waals surface area contributed by atoms with E-state index in [0.717, 1.165) is 11.1 Å². The second-order valence-corrected chi connectivity index (χ2v) is 4.10. The molecule has 2 N–H and O–H groups in total. The standard InChI is InChI=1S/C12H12N2OS/c1-8(7-9-5-3-2-4-6-9)10-11(15)14-12(16)13-10/h2-7,10H,1H3,(H2,13,14,15,16)/b8-7+. The number of hydrogen-bond acceptors (Lipinski definition) is 2. The van der Waals surface area contributed by atoms with Crippen LogP contribution in [0.5, 0.6) is 0 Å². The summed E-state index contributed by atoms with van der Waals surface area (Å²) in [6, 6.07) is 9.54. The predicted molar refractivity (Wildman–Crippen MR) is 67.8 cm³/mol. The summed E-state index contributed by atoms with van der Waals surface area (Å²) >= 11 is 4.89. The second-order valence-electron chi connectivity index (χ2n) is 3.69. The van der Waals surface area contributed by atoms with E-state index in [4.69, 9.17) is 12.2 Å². The van der Waals surface area contributed by atoms with Crippen molar-refractivity contribution < 1.29 is 4.79 Å². The van der Waals surface area contributed by atoms with Crippen LogP contribution in [0.4, 0.5) is 0 Å². The van der Waals surface area contributed by atoms with E-state index in [0.29, 0.717) is 5.11 Å². The number of amides is 1. The number of nitrogens with one attached hydrogen (secondary N) is 2. The van der Waals surface area contributed by atoms with Gasteiger partial charge in [-0.25, -0.2) is 0 Å². The van der Waals surface area contributed by atoms with Crippen LogP contribution in [0.2, 0.25) is 0 Å². The molecule has 3 nitrogen and oxygen atoms in total. The molecule has 0 bridgehead atoms. The second kappa shape index (κ2) is 4.45. The number of benzene rings is 1. The van der Waals surface area contributed by atoms with Crippen LogP contribution >= 0.6 is 12.2 Å². The molecule has 1 aromatic carbocycles. The van der Waals surface area contributed by atoms with Gasteiger partial charge in [0.2, 0.25) is 0 Å². The summed E-state index contributed by atoms with van der Waals surface area (Å²) in [4.78, 5) is 11.5. The Morgan fingerprint density at radius 3 is 2.62 bits per heavy atom. The number of rotatable bonds is 2. The molecule has 1 aromatic rings. The first-order valence-electron chi connectivity index (χ1n) is 5.01. The Morgan fingerprint density at radius 2 is 2.06 bits per heavy atom. The van der Waals surface area contributed by atoms with Gasteiger partial charge in [-0.1, -0.05) is 36.4 Å². The zero-order valence-corrected chi connectivity index (χ0v) is 9.67. The lowest BCUT2D eigenvalue weighted by Crippen LogP contribution is -2.29. The molecule has 82 valence electrons. The van der Waals surface area contributed by atoms with Gasteiger partial charge in [-0.3, -0.25) is 4.79 Å². The van der Waals surface area contributed by atoms with E-state index in [2.05, 4.69) is 10.6 Å². The molecule has 1 saturated heterocycles. The highest BCUT2D eigenvalue weighted by molar-refractivity contribution is 7.80. The van der Waals surface area contributed by atoms with Gasteiger partial charge in [0.05, 0.1) is 0 Å². The fourth-order valence-corrected chi connectivity index (χ4v) is 1.85. The Labute approximate surface area is 99.5 Å². The van der Waals surface area contributed by atoms with E-state index in [-0.39, 0.29) is 11.9 Å². The minimum atomic E-state index is -0.340. The van der Waals surface area contributed by atoms with Crippen LogP contribution in [0.25, 0.3) is 6.08 Å². The number of carbonyl (C=O) groups is 1. The summed E-state index contributed by atoms with van der Waals surface area (Å²) in [6.07, 6.45) is 1.98. The molecule has 1 unspecified atom stereocenters. The van der Waals surface area contributed by atoms with E-state index in [1.165, 1.54) is 0 Å². The summed E-state index contributed by atoms with van der Waals surface area (Å²) in [5.41, 5.74) is 2.02. The molecule has 2 rings (SSSR count). The molecule has 0 radical (unpaired) electrons. The van der Waals surface area contributed by atoms with Gasteiger partial charge in [-0.05, 0) is 30.3 Å². The summed E-state index contributed by atoms with van der Waals surface area (Å²) in [5, 5.41) is 5.90. The van der Waals surface area contributed by atoms with Crippen molar-refractivity contribution in [3.05, 3.63) is 41.5 Å². The van der Waals surface area contributed by atoms with Gasteiger partial charge in [-0.15, -0.1) is 0 Å². The SMILES string of the molecule is C/C(=C\c1ccccc1)C1NC(=S)NC1=O. The summed E-state index contributed by atoms with van der Waals surface area (Å²) < 4.78 is 0. The lowest BCUT2D eigenvalue weighted by molar-refractivity contribution is -0.119. The van der Waals surface area contributed by atoms with Crippen LogP contribution in [-0.4, -0.2) is 17.1 Å². The van der Waals surface area contributed by atoms with Crippen molar-refractivity contribution in [2.75, 3.05) is 0 Å². The van der Waals surface area contributed by atoms with Gasteiger partial charge in [0.15, 0.2) is 5.11 Å². The van der Waals surface area contributed by atoms with Crippen molar-refractivity contribution >= 4 is 29.3 Å². The lowest BCUT2D eigenvalue weighted by atomic mass is 10.1. The van der Waals surface area contributed by atoms with Crippen molar-refractivity contribution in [3.63, 3.8) is 0 Å². The topological polar surface area (TPSA) is 41.1 Å². The zero-order chi connectivity index (χ0) is 11.5. The minimum absolute atomic E-state index is 0.0883. The van der Waals surface area contributed by atoms with Crippen LogP contribution in [-0.2, 0) is 4.79 Å². The highest BCUT2D eigenvalue weighted by Crippen LogP contribution is 2.11. The average molecular weight is 232 g/mol. The van der Waals surface area contributed by atoms with Gasteiger partial charge >= 0.3 is 0 Å². The third kappa shape index (κ3) is 2.28. The third-order valence-electron chi connectivity index (χ3n) is 2.42. The quantitative estimate of drug-likeness (QED) is 0.759. The molecular weight excluding hydrogens is 220 g/mol. The van der Waals surface area contributed by atoms with Crippen molar-refractivity contribution in [2.24, 2.45) is 0 Å². The maximum absolute atomic E-state index is 11.5. The number of carbonyl (C=O) groups excluding carboxylic acids is 1. The van der Waals surface area contributed by atoms with Gasteiger partial charge in [0, 0.05) is 0 Å². The van der Waals surface area contributed by atoms with Crippen LogP contribution in [0, 0.1) is 0 Å². The van der Waals surface area contributed by atoms with Crippen LogP contribution in [0.1, 0.15) is 12.5 Å². The molecule has 1 aliphatic rings. The smallest absolute Gasteiger partial charge is 0.252 e. The maximum Gasteiger partial charge on any atom is 0.252 e. The summed E-state index contributed by atoms with van der Waals surface area (Å²) in [7, 11) is 0. The van der Waals surface area contributed by atoms with Gasteiger partial charge < -0.3 is 10.6 Å².